The number of hydrogen-bond donors (Lipinski definition) is 0. The summed E-state index contributed by atoms with van der Waals surface area (Å²) in [6, 6.07) is 28.9. The van der Waals surface area contributed by atoms with Crippen molar-refractivity contribution in [2.24, 2.45) is 4.99 Å². The molecule has 0 aromatic heterocycles. The van der Waals surface area contributed by atoms with Crippen molar-refractivity contribution in [1.82, 2.24) is 4.90 Å². The molecule has 0 radical (unpaired) electrons. The van der Waals surface area contributed by atoms with Crippen LogP contribution in [0.25, 0.3) is 16.8 Å². The summed E-state index contributed by atoms with van der Waals surface area (Å²) >= 11 is 5.09. The van der Waals surface area contributed by atoms with Gasteiger partial charge in [0.25, 0.3) is 5.91 Å². The summed E-state index contributed by atoms with van der Waals surface area (Å²) in [6.07, 6.45) is 5.75. The van der Waals surface area contributed by atoms with Gasteiger partial charge in [-0.15, -0.1) is 0 Å². The Hall–Kier alpha value is -3.55. The zero-order valence-corrected chi connectivity index (χ0v) is 25.5. The maximum atomic E-state index is 13.2. The number of amides is 1. The molecule has 0 saturated carbocycles. The van der Waals surface area contributed by atoms with Crippen molar-refractivity contribution in [3.63, 3.8) is 0 Å². The molecule has 0 bridgehead atoms. The van der Waals surface area contributed by atoms with E-state index in [1.54, 1.807) is 4.90 Å². The Bertz CT molecular complexity index is 1620. The van der Waals surface area contributed by atoms with E-state index in [0.717, 1.165) is 40.1 Å². The third kappa shape index (κ3) is 6.21. The van der Waals surface area contributed by atoms with Crippen molar-refractivity contribution in [2.75, 3.05) is 24.5 Å². The van der Waals surface area contributed by atoms with E-state index in [2.05, 4.69) is 63.3 Å². The van der Waals surface area contributed by atoms with Gasteiger partial charge in [-0.05, 0) is 118 Å². The SMILES string of the molecule is CCN1C(=O)/C(=C/c2ccc(OCc3cccc4ccccc34)c(Br)c2)SC1=Nc1ccc(N2CCCCC2)cc1. The molecule has 2 aliphatic heterocycles. The zero-order chi connectivity index (χ0) is 28.2. The Labute approximate surface area is 254 Å². The van der Waals surface area contributed by atoms with Gasteiger partial charge in [0.1, 0.15) is 12.4 Å². The summed E-state index contributed by atoms with van der Waals surface area (Å²) in [5, 5.41) is 3.11. The minimum Gasteiger partial charge on any atom is -0.488 e. The number of carbonyl (C=O) groups is 1. The van der Waals surface area contributed by atoms with Crippen molar-refractivity contribution in [1.29, 1.82) is 0 Å². The maximum absolute atomic E-state index is 13.2. The number of thioether (sulfide) groups is 1. The molecule has 0 unspecified atom stereocenters. The molecule has 0 atom stereocenters. The first-order valence-electron chi connectivity index (χ1n) is 14.1. The molecule has 6 rings (SSSR count). The van der Waals surface area contributed by atoms with E-state index in [0.29, 0.717) is 23.2 Å². The fourth-order valence-corrected chi connectivity index (χ4v) is 6.89. The number of halogens is 1. The van der Waals surface area contributed by atoms with E-state index < -0.39 is 0 Å². The first-order chi connectivity index (χ1) is 20.1. The Kier molecular flexibility index (Phi) is 8.44. The molecular formula is C34H32BrN3O2S. The lowest BCUT2D eigenvalue weighted by Crippen LogP contribution is -2.29. The maximum Gasteiger partial charge on any atom is 0.266 e. The molecule has 208 valence electrons. The predicted octanol–water partition coefficient (Wildman–Crippen LogP) is 8.80. The van der Waals surface area contributed by atoms with Gasteiger partial charge >= 0.3 is 0 Å². The number of ether oxygens (including phenoxy) is 1. The van der Waals surface area contributed by atoms with Gasteiger partial charge in [-0.25, -0.2) is 4.99 Å². The summed E-state index contributed by atoms with van der Waals surface area (Å²) in [5.41, 5.74) is 4.17. The fourth-order valence-electron chi connectivity index (χ4n) is 5.32. The van der Waals surface area contributed by atoms with Crippen LogP contribution in [-0.4, -0.2) is 35.6 Å². The van der Waals surface area contributed by atoms with Gasteiger partial charge in [0, 0.05) is 25.3 Å². The second kappa shape index (κ2) is 12.5. The van der Waals surface area contributed by atoms with E-state index in [-0.39, 0.29) is 5.91 Å². The molecule has 2 aliphatic rings. The molecule has 7 heteroatoms. The number of hydrogen-bond acceptors (Lipinski definition) is 5. The van der Waals surface area contributed by atoms with Crippen LogP contribution < -0.4 is 9.64 Å². The number of aliphatic imine (C=N–C) groups is 1. The van der Waals surface area contributed by atoms with Gasteiger partial charge in [-0.1, -0.05) is 48.5 Å². The number of benzene rings is 4. The monoisotopic (exact) mass is 625 g/mol. The van der Waals surface area contributed by atoms with E-state index >= 15 is 0 Å². The van der Waals surface area contributed by atoms with Crippen LogP contribution in [0.15, 0.2) is 99.3 Å². The molecule has 0 spiro atoms. The normalized spacial score (nSPS) is 17.7. The van der Waals surface area contributed by atoms with Gasteiger partial charge in [-0.2, -0.15) is 0 Å². The minimum absolute atomic E-state index is 0.0198. The lowest BCUT2D eigenvalue weighted by atomic mass is 10.1. The third-order valence-corrected chi connectivity index (χ3v) is 9.14. The second-order valence-corrected chi connectivity index (χ2v) is 12.1. The highest BCUT2D eigenvalue weighted by Gasteiger charge is 2.32. The number of likely N-dealkylation sites (N-methyl/N-ethyl adjacent to an activating group) is 1. The number of carbonyl (C=O) groups excluding carboxylic acids is 1. The quantitative estimate of drug-likeness (QED) is 0.193. The average molecular weight is 627 g/mol. The molecule has 1 amide bonds. The van der Waals surface area contributed by atoms with E-state index in [1.807, 2.05) is 55.5 Å². The number of rotatable bonds is 7. The summed E-state index contributed by atoms with van der Waals surface area (Å²) < 4.78 is 7.02. The van der Waals surface area contributed by atoms with E-state index in [9.17, 15) is 4.79 Å². The van der Waals surface area contributed by atoms with Crippen LogP contribution in [0, 0.1) is 0 Å². The molecule has 5 nitrogen and oxygen atoms in total. The molecule has 0 aliphatic carbocycles. The Balaban J connectivity index is 1.16. The molecule has 2 saturated heterocycles. The van der Waals surface area contributed by atoms with Gasteiger partial charge in [-0.3, -0.25) is 9.69 Å². The van der Waals surface area contributed by atoms with Gasteiger partial charge in [0.05, 0.1) is 15.1 Å². The van der Waals surface area contributed by atoms with Crippen LogP contribution >= 0.6 is 27.7 Å². The highest BCUT2D eigenvalue weighted by molar-refractivity contribution is 9.10. The van der Waals surface area contributed by atoms with Crippen LogP contribution in [0.5, 0.6) is 5.75 Å². The fraction of sp³-hybridized carbons (Fsp3) is 0.235. The molecule has 4 aromatic rings. The summed E-state index contributed by atoms with van der Waals surface area (Å²) in [7, 11) is 0. The smallest absolute Gasteiger partial charge is 0.266 e. The number of fused-ring (bicyclic) bond motifs is 1. The lowest BCUT2D eigenvalue weighted by molar-refractivity contribution is -0.122. The van der Waals surface area contributed by atoms with Crippen molar-refractivity contribution in [3.8, 4) is 5.75 Å². The Morgan fingerprint density at radius 3 is 2.51 bits per heavy atom. The molecule has 4 aromatic carbocycles. The number of nitrogens with zero attached hydrogens (tertiary/aromatic N) is 3. The van der Waals surface area contributed by atoms with E-state index in [1.165, 1.54) is 47.5 Å². The summed E-state index contributed by atoms with van der Waals surface area (Å²) in [4.78, 5) is 22.9. The highest BCUT2D eigenvalue weighted by Crippen LogP contribution is 2.36. The largest absolute Gasteiger partial charge is 0.488 e. The number of piperidine rings is 1. The second-order valence-electron chi connectivity index (χ2n) is 10.2. The van der Waals surface area contributed by atoms with Crippen LogP contribution in [0.4, 0.5) is 11.4 Å². The van der Waals surface area contributed by atoms with Crippen LogP contribution in [0.1, 0.15) is 37.3 Å². The lowest BCUT2D eigenvalue weighted by Gasteiger charge is -2.28. The molecule has 2 fully saturated rings. The molecule has 41 heavy (non-hydrogen) atoms. The van der Waals surface area contributed by atoms with Crippen LogP contribution in [-0.2, 0) is 11.4 Å². The molecule has 2 heterocycles. The van der Waals surface area contributed by atoms with Crippen LogP contribution in [0.3, 0.4) is 0 Å². The average Bonchev–Trinajstić information content (AvgIpc) is 3.30. The minimum atomic E-state index is -0.0198. The summed E-state index contributed by atoms with van der Waals surface area (Å²) in [5.74, 6) is 0.740. The predicted molar refractivity (Wildman–Crippen MR) is 175 cm³/mol. The molecular weight excluding hydrogens is 594 g/mol. The first kappa shape index (κ1) is 27.6. The van der Waals surface area contributed by atoms with Gasteiger partial charge < -0.3 is 9.64 Å². The number of anilines is 1. The van der Waals surface area contributed by atoms with Gasteiger partial charge in [0.15, 0.2) is 5.17 Å². The van der Waals surface area contributed by atoms with Crippen LogP contribution in [0.2, 0.25) is 0 Å². The van der Waals surface area contributed by atoms with Crippen molar-refractivity contribution in [2.45, 2.75) is 32.8 Å². The van der Waals surface area contributed by atoms with Crippen molar-refractivity contribution >= 4 is 67.0 Å². The summed E-state index contributed by atoms with van der Waals surface area (Å²) in [6.45, 7) is 5.25. The Morgan fingerprint density at radius 2 is 1.73 bits per heavy atom. The third-order valence-electron chi connectivity index (χ3n) is 7.52. The van der Waals surface area contributed by atoms with Gasteiger partial charge in [0.2, 0.25) is 0 Å². The first-order valence-corrected chi connectivity index (χ1v) is 15.7. The van der Waals surface area contributed by atoms with Crippen molar-refractivity contribution in [3.05, 3.63) is 105 Å². The molecule has 0 N–H and O–H groups in total. The standard InChI is InChI=1S/C34H32BrN3O2S/c1-2-38-33(39)32(41-34(38)36-27-14-16-28(17-15-27)37-19-6-3-7-20-37)22-24-13-18-31(30(35)21-24)40-23-26-11-8-10-25-9-4-5-12-29(25)26/h4-5,8-18,21-22H,2-3,6-7,19-20,23H2,1H3/b32-22-,36-34?. The number of amidine groups is 1. The highest BCUT2D eigenvalue weighted by atomic mass is 79.9. The Morgan fingerprint density at radius 1 is 0.951 bits per heavy atom. The zero-order valence-electron chi connectivity index (χ0n) is 23.1. The van der Waals surface area contributed by atoms with Crippen molar-refractivity contribution < 1.29 is 9.53 Å². The van der Waals surface area contributed by atoms with E-state index in [4.69, 9.17) is 9.73 Å². The topological polar surface area (TPSA) is 45.1 Å².